The highest BCUT2D eigenvalue weighted by atomic mass is 16.7. The zero-order valence-corrected chi connectivity index (χ0v) is 31.4. The smallest absolute Gasteiger partial charge is 0.239 e. The summed E-state index contributed by atoms with van der Waals surface area (Å²) in [6.07, 6.45) is -18.6. The van der Waals surface area contributed by atoms with Crippen LogP contribution in [0.15, 0.2) is 51.2 Å². The number of aromatic hydroxyl groups is 2. The van der Waals surface area contributed by atoms with Crippen molar-refractivity contribution < 1.29 is 88.6 Å². The fourth-order valence-electron chi connectivity index (χ4n) is 6.83. The van der Waals surface area contributed by atoms with Crippen LogP contribution in [0, 0.1) is 0 Å². The van der Waals surface area contributed by atoms with Gasteiger partial charge >= 0.3 is 0 Å². The van der Waals surface area contributed by atoms with Crippen molar-refractivity contribution in [2.45, 2.75) is 107 Å². The third kappa shape index (κ3) is 8.35. The molecule has 0 spiro atoms. The number of phenols is 2. The van der Waals surface area contributed by atoms with Gasteiger partial charge in [0.15, 0.2) is 30.7 Å². The summed E-state index contributed by atoms with van der Waals surface area (Å²) >= 11 is 0. The first-order valence-electron chi connectivity index (χ1n) is 18.1. The highest BCUT2D eigenvalue weighted by Gasteiger charge is 2.53. The predicted octanol–water partition coefficient (Wildman–Crippen LogP) is -1.12. The molecule has 19 nitrogen and oxygen atoms in total. The Morgan fingerprint density at radius 3 is 2.28 bits per heavy atom. The summed E-state index contributed by atoms with van der Waals surface area (Å²) in [5.41, 5.74) is -1.60. The number of aliphatic hydroxyl groups excluding tert-OH is 7. The van der Waals surface area contributed by atoms with Crippen molar-refractivity contribution in [3.63, 3.8) is 0 Å². The molecule has 314 valence electrons. The molecule has 19 heteroatoms. The number of aliphatic hydroxyl groups is 8. The number of phenolic OH excluding ortho intramolecular Hbond substituents is 2. The molecule has 1 aromatic heterocycles. The lowest BCUT2D eigenvalue weighted by molar-refractivity contribution is -0.352. The van der Waals surface area contributed by atoms with Crippen LogP contribution >= 0.6 is 0 Å². The van der Waals surface area contributed by atoms with Crippen molar-refractivity contribution in [1.29, 1.82) is 0 Å². The molecule has 0 aliphatic carbocycles. The van der Waals surface area contributed by atoms with Gasteiger partial charge in [0.2, 0.25) is 11.2 Å². The largest absolute Gasteiger partial charge is 0.508 e. The molecule has 10 N–H and O–H groups in total. The Morgan fingerprint density at radius 1 is 0.947 bits per heavy atom. The molecule has 0 amide bonds. The SMILES string of the molecule is COc1cc(O)c2c(=O)c(O[C@H]3[C@H](O[C@@H]4O[C@@H](C)[C@H](O)[C@@H](O)[C@H]4O)[C@@H](O)[C@H](O)O[C@@H]3CO[C@@H]3OC[C@](O)(CO)[C@H]3O)c(-c3ccc(O)cc3)oc2c1CC=C(C)C. The third-order valence-corrected chi connectivity index (χ3v) is 10.2. The van der Waals surface area contributed by atoms with Gasteiger partial charge in [-0.3, -0.25) is 4.79 Å². The highest BCUT2D eigenvalue weighted by molar-refractivity contribution is 5.91. The van der Waals surface area contributed by atoms with Crippen molar-refractivity contribution in [2.24, 2.45) is 0 Å². The lowest BCUT2D eigenvalue weighted by atomic mass is 9.96. The van der Waals surface area contributed by atoms with Crippen LogP contribution in [0.5, 0.6) is 23.0 Å². The number of benzene rings is 2. The number of hydrogen-bond acceptors (Lipinski definition) is 19. The molecule has 3 aliphatic rings. The Labute approximate surface area is 325 Å². The van der Waals surface area contributed by atoms with Crippen LogP contribution in [-0.2, 0) is 30.1 Å². The van der Waals surface area contributed by atoms with E-state index in [1.807, 2.05) is 19.9 Å². The summed E-state index contributed by atoms with van der Waals surface area (Å²) in [6.45, 7) is 3.04. The molecule has 6 rings (SSSR count). The quantitative estimate of drug-likeness (QED) is 0.0970. The Morgan fingerprint density at radius 2 is 1.65 bits per heavy atom. The number of allylic oxidation sites excluding steroid dienone is 2. The fourth-order valence-corrected chi connectivity index (χ4v) is 6.83. The van der Waals surface area contributed by atoms with E-state index in [1.165, 1.54) is 44.4 Å². The van der Waals surface area contributed by atoms with Gasteiger partial charge in [0, 0.05) is 17.2 Å². The van der Waals surface area contributed by atoms with E-state index in [1.54, 1.807) is 0 Å². The molecule has 3 fully saturated rings. The third-order valence-electron chi connectivity index (χ3n) is 10.2. The van der Waals surface area contributed by atoms with Gasteiger partial charge in [-0.25, -0.2) is 0 Å². The number of fused-ring (bicyclic) bond motifs is 1. The number of rotatable bonds is 12. The van der Waals surface area contributed by atoms with Crippen LogP contribution in [-0.4, -0.2) is 157 Å². The average Bonchev–Trinajstić information content (AvgIpc) is 3.47. The zero-order chi connectivity index (χ0) is 41.5. The minimum absolute atomic E-state index is 0.0724. The van der Waals surface area contributed by atoms with Crippen molar-refractivity contribution in [3.8, 4) is 34.3 Å². The summed E-state index contributed by atoms with van der Waals surface area (Å²) in [4.78, 5) is 14.7. The fraction of sp³-hybridized carbons (Fsp3) is 0.553. The molecule has 2 aromatic carbocycles. The molecule has 0 saturated carbocycles. The summed E-state index contributed by atoms with van der Waals surface area (Å²) in [6, 6.07) is 6.67. The second kappa shape index (κ2) is 17.1. The summed E-state index contributed by atoms with van der Waals surface area (Å²) in [7, 11) is 1.38. The van der Waals surface area contributed by atoms with Crippen LogP contribution < -0.4 is 14.9 Å². The first kappa shape index (κ1) is 42.7. The van der Waals surface area contributed by atoms with Gasteiger partial charge in [0.1, 0.15) is 76.5 Å². The van der Waals surface area contributed by atoms with Crippen LogP contribution in [0.2, 0.25) is 0 Å². The Bertz CT molecular complexity index is 1960. The highest BCUT2D eigenvalue weighted by Crippen LogP contribution is 2.41. The van der Waals surface area contributed by atoms with Crippen LogP contribution in [0.25, 0.3) is 22.3 Å². The second-order valence-electron chi connectivity index (χ2n) is 14.5. The van der Waals surface area contributed by atoms with Gasteiger partial charge in [-0.1, -0.05) is 11.6 Å². The zero-order valence-electron chi connectivity index (χ0n) is 31.4. The summed E-state index contributed by atoms with van der Waals surface area (Å²) in [5.74, 6) is -1.33. The monoisotopic (exact) mass is 808 g/mol. The van der Waals surface area contributed by atoms with E-state index in [4.69, 9.17) is 37.6 Å². The van der Waals surface area contributed by atoms with Crippen molar-refractivity contribution >= 4 is 11.0 Å². The van der Waals surface area contributed by atoms with Gasteiger partial charge in [-0.15, -0.1) is 0 Å². The van der Waals surface area contributed by atoms with Crippen LogP contribution in [0.4, 0.5) is 0 Å². The molecule has 3 saturated heterocycles. The van der Waals surface area contributed by atoms with E-state index in [0.29, 0.717) is 5.56 Å². The summed E-state index contributed by atoms with van der Waals surface area (Å²) in [5, 5.41) is 106. The topological polar surface area (TPSA) is 297 Å². The van der Waals surface area contributed by atoms with Gasteiger partial charge in [-0.05, 0) is 51.5 Å². The molecule has 3 aliphatic heterocycles. The molecule has 0 unspecified atom stereocenters. The van der Waals surface area contributed by atoms with Gasteiger partial charge < -0.3 is 88.6 Å². The molecule has 0 bridgehead atoms. The molecule has 3 aromatic rings. The standard InChI is InChI=1S/C38H48O19/c1-15(2)5-10-19-21(50-4)11-20(41)23-25(43)32(29(55-30(19)23)17-6-8-18(40)9-7-17)56-31-22(12-51-37-34(47)38(49,13-39)14-52-37)54-35(48)28(46)33(31)57-36-27(45)26(44)24(42)16(3)53-36/h5-9,11,16,22,24,26-28,31,33-37,39-42,44-49H,10,12-14H2,1-4H3/t16-,22+,24-,26+,27+,28+,31+,33+,34-,35+,36-,37+,38+/m0/s1. The maximum absolute atomic E-state index is 14.7. The van der Waals surface area contributed by atoms with E-state index in [2.05, 4.69) is 0 Å². The predicted molar refractivity (Wildman–Crippen MR) is 193 cm³/mol. The number of ether oxygens (including phenoxy) is 7. The van der Waals surface area contributed by atoms with E-state index < -0.39 is 116 Å². The molecule has 4 heterocycles. The number of methoxy groups -OCH3 is 1. The van der Waals surface area contributed by atoms with Crippen LogP contribution in [0.3, 0.4) is 0 Å². The lowest BCUT2D eigenvalue weighted by Gasteiger charge is -2.46. The molecular weight excluding hydrogens is 760 g/mol. The number of hydrogen-bond donors (Lipinski definition) is 10. The first-order valence-corrected chi connectivity index (χ1v) is 18.1. The van der Waals surface area contributed by atoms with Crippen LogP contribution in [0.1, 0.15) is 26.3 Å². The van der Waals surface area contributed by atoms with Crippen molar-refractivity contribution in [3.05, 3.63) is 57.8 Å². The first-order chi connectivity index (χ1) is 27.0. The second-order valence-corrected chi connectivity index (χ2v) is 14.5. The molecular formula is C38H48O19. The maximum atomic E-state index is 14.7. The van der Waals surface area contributed by atoms with Gasteiger partial charge in [0.05, 0.1) is 33.0 Å². The van der Waals surface area contributed by atoms with Crippen molar-refractivity contribution in [1.82, 2.24) is 0 Å². The minimum Gasteiger partial charge on any atom is -0.508 e. The van der Waals surface area contributed by atoms with E-state index in [-0.39, 0.29) is 40.2 Å². The lowest BCUT2D eigenvalue weighted by Crippen LogP contribution is -2.65. The van der Waals surface area contributed by atoms with Gasteiger partial charge in [0.25, 0.3) is 0 Å². The van der Waals surface area contributed by atoms with E-state index in [9.17, 15) is 55.9 Å². The normalized spacial score (nSPS) is 34.3. The average molecular weight is 809 g/mol. The minimum atomic E-state index is -2.08. The summed E-state index contributed by atoms with van der Waals surface area (Å²) < 4.78 is 46.7. The van der Waals surface area contributed by atoms with Gasteiger partial charge in [-0.2, -0.15) is 0 Å². The van der Waals surface area contributed by atoms with E-state index >= 15 is 0 Å². The molecule has 13 atom stereocenters. The van der Waals surface area contributed by atoms with E-state index in [0.717, 1.165) is 5.57 Å². The Hall–Kier alpha value is -3.93. The maximum Gasteiger partial charge on any atom is 0.239 e. The molecule has 57 heavy (non-hydrogen) atoms. The Kier molecular flexibility index (Phi) is 12.8. The Balaban J connectivity index is 1.50. The van der Waals surface area contributed by atoms with Crippen molar-refractivity contribution in [2.75, 3.05) is 26.9 Å². The molecule has 0 radical (unpaired) electrons.